The second-order valence-electron chi connectivity index (χ2n) is 5.68. The molecule has 0 spiro atoms. The monoisotopic (exact) mass is 371 g/mol. The van der Waals surface area contributed by atoms with Crippen LogP contribution in [0.25, 0.3) is 0 Å². The van der Waals surface area contributed by atoms with Crippen LogP contribution in [0.15, 0.2) is 41.5 Å². The zero-order valence-corrected chi connectivity index (χ0v) is 16.0. The van der Waals surface area contributed by atoms with E-state index in [0.29, 0.717) is 22.6 Å². The van der Waals surface area contributed by atoms with Crippen LogP contribution in [-0.4, -0.2) is 44.5 Å². The Morgan fingerprint density at radius 1 is 1.11 bits per heavy atom. The molecule has 2 aromatic carbocycles. The van der Waals surface area contributed by atoms with E-state index in [0.717, 1.165) is 18.8 Å². The highest BCUT2D eigenvalue weighted by molar-refractivity contribution is 5.95. The lowest BCUT2D eigenvalue weighted by Crippen LogP contribution is -2.21. The van der Waals surface area contributed by atoms with Crippen LogP contribution in [0.1, 0.15) is 29.8 Å². The van der Waals surface area contributed by atoms with Crippen molar-refractivity contribution in [2.45, 2.75) is 13.8 Å². The van der Waals surface area contributed by atoms with Crippen LogP contribution < -0.4 is 19.8 Å². The third-order valence-corrected chi connectivity index (χ3v) is 4.16. The van der Waals surface area contributed by atoms with E-state index in [1.807, 2.05) is 6.07 Å². The molecule has 2 rings (SSSR count). The summed E-state index contributed by atoms with van der Waals surface area (Å²) < 4.78 is 10.3. The molecule has 144 valence electrons. The van der Waals surface area contributed by atoms with Crippen molar-refractivity contribution in [1.29, 1.82) is 0 Å². The molecule has 0 fully saturated rings. The van der Waals surface area contributed by atoms with Gasteiger partial charge in [-0.1, -0.05) is 0 Å². The van der Waals surface area contributed by atoms with Gasteiger partial charge in [-0.2, -0.15) is 5.10 Å². The van der Waals surface area contributed by atoms with Gasteiger partial charge in [-0.25, -0.2) is 5.43 Å². The summed E-state index contributed by atoms with van der Waals surface area (Å²) >= 11 is 0. The van der Waals surface area contributed by atoms with E-state index >= 15 is 0 Å². The zero-order valence-electron chi connectivity index (χ0n) is 16.0. The molecule has 0 unspecified atom stereocenters. The Bertz CT molecular complexity index is 817. The Kier molecular flexibility index (Phi) is 7.05. The third-order valence-electron chi connectivity index (χ3n) is 4.16. The number of ether oxygens (including phenoxy) is 2. The maximum absolute atomic E-state index is 12.2. The highest BCUT2D eigenvalue weighted by atomic mass is 16.5. The summed E-state index contributed by atoms with van der Waals surface area (Å²) in [6, 6.07) is 10.2. The van der Waals surface area contributed by atoms with E-state index in [9.17, 15) is 9.90 Å². The Balaban J connectivity index is 2.08. The number of amides is 1. The molecule has 0 saturated heterocycles. The molecule has 0 aromatic heterocycles. The molecule has 27 heavy (non-hydrogen) atoms. The first-order chi connectivity index (χ1) is 13.0. The number of aromatic hydroxyl groups is 1. The van der Waals surface area contributed by atoms with E-state index in [4.69, 9.17) is 9.47 Å². The van der Waals surface area contributed by atoms with E-state index in [-0.39, 0.29) is 5.75 Å². The van der Waals surface area contributed by atoms with E-state index in [2.05, 4.69) is 29.3 Å². The summed E-state index contributed by atoms with van der Waals surface area (Å²) in [5.74, 6) is 0.699. The van der Waals surface area contributed by atoms with Gasteiger partial charge in [0.2, 0.25) is 0 Å². The highest BCUT2D eigenvalue weighted by Gasteiger charge is 2.10. The van der Waals surface area contributed by atoms with Crippen LogP contribution in [0.3, 0.4) is 0 Å². The minimum absolute atomic E-state index is 0.100. The average molecular weight is 371 g/mol. The molecule has 0 radical (unpaired) electrons. The number of methoxy groups -OCH3 is 2. The van der Waals surface area contributed by atoms with Crippen molar-refractivity contribution in [3.63, 3.8) is 0 Å². The van der Waals surface area contributed by atoms with Gasteiger partial charge in [-0.05, 0) is 44.2 Å². The summed E-state index contributed by atoms with van der Waals surface area (Å²) in [6.45, 7) is 5.81. The summed E-state index contributed by atoms with van der Waals surface area (Å²) in [7, 11) is 3.03. The number of anilines is 1. The molecular formula is C20H25N3O4. The summed E-state index contributed by atoms with van der Waals surface area (Å²) in [6.07, 6.45) is 1.40. The second kappa shape index (κ2) is 9.47. The minimum atomic E-state index is -0.397. The predicted octanol–water partition coefficient (Wildman–Crippen LogP) is 3.02. The third kappa shape index (κ3) is 4.91. The van der Waals surface area contributed by atoms with Gasteiger partial charge in [0.1, 0.15) is 5.75 Å². The predicted molar refractivity (Wildman–Crippen MR) is 106 cm³/mol. The van der Waals surface area contributed by atoms with Crippen LogP contribution in [0.5, 0.6) is 17.2 Å². The molecule has 7 nitrogen and oxygen atoms in total. The second-order valence-corrected chi connectivity index (χ2v) is 5.68. The van der Waals surface area contributed by atoms with Gasteiger partial charge in [0.05, 0.1) is 20.4 Å². The number of nitrogens with one attached hydrogen (secondary N) is 1. The van der Waals surface area contributed by atoms with Gasteiger partial charge in [0.25, 0.3) is 5.91 Å². The summed E-state index contributed by atoms with van der Waals surface area (Å²) in [5.41, 5.74) is 4.26. The largest absolute Gasteiger partial charge is 0.507 e. The van der Waals surface area contributed by atoms with Gasteiger partial charge in [-0.3, -0.25) is 4.79 Å². The van der Waals surface area contributed by atoms with Crippen LogP contribution >= 0.6 is 0 Å². The number of rotatable bonds is 8. The molecule has 0 heterocycles. The molecule has 1 amide bonds. The number of phenolic OH excluding ortho intramolecular Hbond substituents is 1. The molecule has 0 atom stereocenters. The normalized spacial score (nSPS) is 10.7. The highest BCUT2D eigenvalue weighted by Crippen LogP contribution is 2.27. The van der Waals surface area contributed by atoms with Crippen molar-refractivity contribution < 1.29 is 19.4 Å². The summed E-state index contributed by atoms with van der Waals surface area (Å²) in [4.78, 5) is 14.3. The number of carbonyl (C=O) groups excluding carboxylic acids is 1. The van der Waals surface area contributed by atoms with Crippen LogP contribution in [0.2, 0.25) is 0 Å². The van der Waals surface area contributed by atoms with Gasteiger partial charge in [-0.15, -0.1) is 0 Å². The first-order valence-corrected chi connectivity index (χ1v) is 8.67. The number of hydrazone groups is 1. The number of nitrogens with zero attached hydrogens (tertiary/aromatic N) is 2. The van der Waals surface area contributed by atoms with Gasteiger partial charge < -0.3 is 19.5 Å². The quantitative estimate of drug-likeness (QED) is 0.550. The topological polar surface area (TPSA) is 83.4 Å². The lowest BCUT2D eigenvalue weighted by atomic mass is 10.2. The maximum Gasteiger partial charge on any atom is 0.271 e. The van der Waals surface area contributed by atoms with E-state index in [1.165, 1.54) is 20.4 Å². The number of phenols is 1. The van der Waals surface area contributed by atoms with Crippen molar-refractivity contribution in [2.24, 2.45) is 5.10 Å². The molecule has 0 aliphatic rings. The van der Waals surface area contributed by atoms with Crippen molar-refractivity contribution in [2.75, 3.05) is 32.2 Å². The Labute approximate surface area is 159 Å². The van der Waals surface area contributed by atoms with Crippen molar-refractivity contribution in [3.05, 3.63) is 47.5 Å². The standard InChI is InChI=1S/C20H25N3O4/c1-5-23(6-2)16-9-7-15(17(24)12-16)13-21-22-20(25)14-8-10-18(26-3)19(11-14)27-4/h7-13,24H,5-6H2,1-4H3,(H,22,25). The fraction of sp³-hybridized carbons (Fsp3) is 0.300. The number of carbonyl (C=O) groups is 1. The van der Waals surface area contributed by atoms with Gasteiger partial charge in [0.15, 0.2) is 11.5 Å². The van der Waals surface area contributed by atoms with Gasteiger partial charge in [0, 0.05) is 36.0 Å². The van der Waals surface area contributed by atoms with E-state index < -0.39 is 5.91 Å². The Hall–Kier alpha value is -3.22. The van der Waals surface area contributed by atoms with Crippen LogP contribution in [0.4, 0.5) is 5.69 Å². The lowest BCUT2D eigenvalue weighted by molar-refractivity contribution is 0.0954. The average Bonchev–Trinajstić information content (AvgIpc) is 2.69. The molecule has 0 saturated carbocycles. The number of hydrogen-bond donors (Lipinski definition) is 2. The first-order valence-electron chi connectivity index (χ1n) is 8.67. The molecule has 0 aliphatic carbocycles. The first kappa shape index (κ1) is 20.1. The van der Waals surface area contributed by atoms with Crippen molar-refractivity contribution >= 4 is 17.8 Å². The number of benzene rings is 2. The minimum Gasteiger partial charge on any atom is -0.507 e. The lowest BCUT2D eigenvalue weighted by Gasteiger charge is -2.21. The fourth-order valence-electron chi connectivity index (χ4n) is 2.63. The van der Waals surface area contributed by atoms with Crippen molar-refractivity contribution in [3.8, 4) is 17.2 Å². The fourth-order valence-corrected chi connectivity index (χ4v) is 2.63. The molecule has 7 heteroatoms. The van der Waals surface area contributed by atoms with Crippen LogP contribution in [0, 0.1) is 0 Å². The molecule has 2 aromatic rings. The Morgan fingerprint density at radius 2 is 1.81 bits per heavy atom. The molecule has 0 bridgehead atoms. The smallest absolute Gasteiger partial charge is 0.271 e. The zero-order chi connectivity index (χ0) is 19.8. The number of hydrogen-bond acceptors (Lipinski definition) is 6. The maximum atomic E-state index is 12.2. The van der Waals surface area contributed by atoms with Crippen LogP contribution in [-0.2, 0) is 0 Å². The Morgan fingerprint density at radius 3 is 2.41 bits per heavy atom. The molecule has 2 N–H and O–H groups in total. The summed E-state index contributed by atoms with van der Waals surface area (Å²) in [5, 5.41) is 14.1. The molecule has 0 aliphatic heterocycles. The molecular weight excluding hydrogens is 346 g/mol. The SMILES string of the molecule is CCN(CC)c1ccc(C=NNC(=O)c2ccc(OC)c(OC)c2)c(O)c1. The van der Waals surface area contributed by atoms with Crippen molar-refractivity contribution in [1.82, 2.24) is 5.43 Å². The van der Waals surface area contributed by atoms with E-state index in [1.54, 1.807) is 30.3 Å². The van der Waals surface area contributed by atoms with Gasteiger partial charge >= 0.3 is 0 Å².